The smallest absolute Gasteiger partial charge is 0.398 e. The molecule has 0 saturated carbocycles. The van der Waals surface area contributed by atoms with Crippen molar-refractivity contribution < 1.29 is 18.0 Å². The molecule has 3 nitrogen and oxygen atoms in total. The monoisotopic (exact) mass is 288 g/mol. The Kier molecular flexibility index (Phi) is 5.03. The lowest BCUT2D eigenvalue weighted by molar-refractivity contribution is -0.137. The summed E-state index contributed by atoms with van der Waals surface area (Å²) >= 11 is 0. The molecule has 0 aliphatic heterocycles. The summed E-state index contributed by atoms with van der Waals surface area (Å²) in [5.41, 5.74) is 4.61. The first-order valence-electron chi connectivity index (χ1n) is 6.44. The summed E-state index contributed by atoms with van der Waals surface area (Å²) in [5, 5.41) is 2.72. The minimum atomic E-state index is -4.50. The predicted octanol–water partition coefficient (Wildman–Crippen LogP) is 3.45. The second kappa shape index (κ2) is 6.15. The normalized spacial score (nSPS) is 13.3. The Labute approximate surface area is 116 Å². The molecule has 6 heteroatoms. The van der Waals surface area contributed by atoms with Crippen molar-refractivity contribution >= 4 is 11.6 Å². The van der Waals surface area contributed by atoms with Crippen LogP contribution in [0.3, 0.4) is 0 Å². The van der Waals surface area contributed by atoms with E-state index in [9.17, 15) is 18.0 Å². The van der Waals surface area contributed by atoms with E-state index in [1.54, 1.807) is 0 Å². The maximum atomic E-state index is 12.6. The minimum absolute atomic E-state index is 0.0362. The Bertz CT molecular complexity index is 484. The van der Waals surface area contributed by atoms with E-state index < -0.39 is 17.6 Å². The molecule has 20 heavy (non-hydrogen) atoms. The number of hydrogen-bond donors (Lipinski definition) is 2. The number of halogens is 3. The fourth-order valence-corrected chi connectivity index (χ4v) is 1.92. The van der Waals surface area contributed by atoms with Gasteiger partial charge < -0.3 is 11.1 Å². The van der Waals surface area contributed by atoms with E-state index in [1.165, 1.54) is 0 Å². The number of nitrogens with one attached hydrogen (secondary N) is 1. The average Bonchev–Trinajstić information content (AvgIpc) is 2.34. The van der Waals surface area contributed by atoms with E-state index in [4.69, 9.17) is 5.73 Å². The number of amides is 1. The number of nitrogen functional groups attached to an aromatic ring is 1. The van der Waals surface area contributed by atoms with E-state index in [-0.39, 0.29) is 23.2 Å². The molecule has 0 spiro atoms. The molecule has 0 aliphatic carbocycles. The molecule has 1 rings (SSSR count). The topological polar surface area (TPSA) is 55.1 Å². The van der Waals surface area contributed by atoms with Gasteiger partial charge in [-0.15, -0.1) is 0 Å². The number of alkyl halides is 3. The van der Waals surface area contributed by atoms with Gasteiger partial charge >= 0.3 is 6.18 Å². The zero-order chi connectivity index (χ0) is 15.5. The lowest BCUT2D eigenvalue weighted by Gasteiger charge is -2.21. The quantitative estimate of drug-likeness (QED) is 0.834. The van der Waals surface area contributed by atoms with Crippen molar-refractivity contribution in [3.8, 4) is 0 Å². The maximum absolute atomic E-state index is 12.6. The van der Waals surface area contributed by atoms with Gasteiger partial charge in [-0.05, 0) is 30.5 Å². The Morgan fingerprint density at radius 3 is 2.40 bits per heavy atom. The summed E-state index contributed by atoms with van der Waals surface area (Å²) in [6.07, 6.45) is -3.80. The Balaban J connectivity index is 3.03. The van der Waals surface area contributed by atoms with Crippen molar-refractivity contribution in [1.82, 2.24) is 5.32 Å². The Morgan fingerprint density at radius 2 is 1.95 bits per heavy atom. The molecule has 0 aromatic heterocycles. The summed E-state index contributed by atoms with van der Waals surface area (Å²) in [6.45, 7) is 5.77. The summed E-state index contributed by atoms with van der Waals surface area (Å²) in [6, 6.07) is 2.66. The number of anilines is 1. The molecule has 0 heterocycles. The molecule has 1 atom stereocenters. The van der Waals surface area contributed by atoms with Crippen LogP contribution >= 0.6 is 0 Å². The molecule has 1 aromatic carbocycles. The van der Waals surface area contributed by atoms with Crippen LogP contribution in [0.4, 0.5) is 18.9 Å². The second-order valence-corrected chi connectivity index (χ2v) is 5.03. The van der Waals surface area contributed by atoms with Gasteiger partial charge in [-0.3, -0.25) is 4.79 Å². The molecule has 0 fully saturated rings. The van der Waals surface area contributed by atoms with Crippen molar-refractivity contribution in [2.75, 3.05) is 5.73 Å². The van der Waals surface area contributed by atoms with E-state index >= 15 is 0 Å². The van der Waals surface area contributed by atoms with Crippen molar-refractivity contribution in [2.24, 2.45) is 5.92 Å². The molecule has 1 unspecified atom stereocenters. The number of nitrogens with two attached hydrogens (primary N) is 1. The number of rotatable bonds is 4. The Morgan fingerprint density at radius 1 is 1.35 bits per heavy atom. The lowest BCUT2D eigenvalue weighted by Crippen LogP contribution is -2.38. The van der Waals surface area contributed by atoms with Crippen LogP contribution in [0.1, 0.15) is 43.1 Å². The van der Waals surface area contributed by atoms with Crippen molar-refractivity contribution in [3.63, 3.8) is 0 Å². The summed E-state index contributed by atoms with van der Waals surface area (Å²) in [4.78, 5) is 12.1. The van der Waals surface area contributed by atoms with Crippen LogP contribution in [-0.4, -0.2) is 11.9 Å². The number of benzene rings is 1. The maximum Gasteiger partial charge on any atom is 0.416 e. The highest BCUT2D eigenvalue weighted by Crippen LogP contribution is 2.31. The molecule has 0 saturated heterocycles. The summed E-state index contributed by atoms with van der Waals surface area (Å²) in [7, 11) is 0. The third-order valence-corrected chi connectivity index (χ3v) is 3.19. The molecule has 112 valence electrons. The largest absolute Gasteiger partial charge is 0.416 e. The number of hydrogen-bond acceptors (Lipinski definition) is 2. The molecule has 1 aromatic rings. The van der Waals surface area contributed by atoms with Crippen molar-refractivity contribution in [3.05, 3.63) is 29.3 Å². The third-order valence-electron chi connectivity index (χ3n) is 3.19. The number of carbonyl (C=O) groups is 1. The van der Waals surface area contributed by atoms with Gasteiger partial charge in [0.05, 0.1) is 11.1 Å². The highest BCUT2D eigenvalue weighted by Gasteiger charge is 2.31. The van der Waals surface area contributed by atoms with E-state index in [2.05, 4.69) is 5.32 Å². The van der Waals surface area contributed by atoms with Crippen molar-refractivity contribution in [1.29, 1.82) is 0 Å². The van der Waals surface area contributed by atoms with Crippen LogP contribution in [0.2, 0.25) is 0 Å². The SMILES string of the molecule is CCC(NC(=O)c1cc(C(F)(F)F)ccc1N)C(C)C. The summed E-state index contributed by atoms with van der Waals surface area (Å²) in [5.74, 6) is -0.384. The number of carbonyl (C=O) groups excluding carboxylic acids is 1. The van der Waals surface area contributed by atoms with Crippen molar-refractivity contribution in [2.45, 2.75) is 39.4 Å². The van der Waals surface area contributed by atoms with Crippen LogP contribution in [-0.2, 0) is 6.18 Å². The van der Waals surface area contributed by atoms with Gasteiger partial charge in [0, 0.05) is 11.7 Å². The second-order valence-electron chi connectivity index (χ2n) is 5.03. The van der Waals surface area contributed by atoms with Crippen LogP contribution in [0.25, 0.3) is 0 Å². The van der Waals surface area contributed by atoms with Gasteiger partial charge in [-0.1, -0.05) is 20.8 Å². The first-order chi connectivity index (χ1) is 9.16. The lowest BCUT2D eigenvalue weighted by atomic mass is 10.0. The molecular formula is C14H19F3N2O. The van der Waals surface area contributed by atoms with E-state index in [0.717, 1.165) is 18.2 Å². The Hall–Kier alpha value is -1.72. The van der Waals surface area contributed by atoms with Gasteiger partial charge in [0.1, 0.15) is 0 Å². The minimum Gasteiger partial charge on any atom is -0.398 e. The zero-order valence-corrected chi connectivity index (χ0v) is 11.7. The fraction of sp³-hybridized carbons (Fsp3) is 0.500. The first kappa shape index (κ1) is 16.3. The third kappa shape index (κ3) is 3.88. The van der Waals surface area contributed by atoms with Gasteiger partial charge in [-0.25, -0.2) is 0 Å². The van der Waals surface area contributed by atoms with Gasteiger partial charge in [-0.2, -0.15) is 13.2 Å². The molecule has 0 radical (unpaired) electrons. The average molecular weight is 288 g/mol. The van der Waals surface area contributed by atoms with E-state index in [1.807, 2.05) is 20.8 Å². The summed E-state index contributed by atoms with van der Waals surface area (Å²) < 4.78 is 37.9. The van der Waals surface area contributed by atoms with E-state index in [0.29, 0.717) is 6.42 Å². The van der Waals surface area contributed by atoms with Gasteiger partial charge in [0.15, 0.2) is 0 Å². The molecular weight excluding hydrogens is 269 g/mol. The van der Waals surface area contributed by atoms with Gasteiger partial charge in [0.2, 0.25) is 0 Å². The van der Waals surface area contributed by atoms with Gasteiger partial charge in [0.25, 0.3) is 5.91 Å². The molecule has 3 N–H and O–H groups in total. The highest BCUT2D eigenvalue weighted by molar-refractivity contribution is 5.99. The molecule has 1 amide bonds. The standard InChI is InChI=1S/C14H19F3N2O/c1-4-12(8(2)3)19-13(20)10-7-9(14(15,16)17)5-6-11(10)18/h5-8,12H,4,18H2,1-3H3,(H,19,20). The molecule has 0 aliphatic rings. The first-order valence-corrected chi connectivity index (χ1v) is 6.44. The predicted molar refractivity (Wildman–Crippen MR) is 72.2 cm³/mol. The molecule has 0 bridgehead atoms. The van der Waals surface area contributed by atoms with Crippen LogP contribution in [0.5, 0.6) is 0 Å². The zero-order valence-electron chi connectivity index (χ0n) is 11.7. The van der Waals surface area contributed by atoms with Crippen LogP contribution < -0.4 is 11.1 Å². The van der Waals surface area contributed by atoms with Crippen LogP contribution in [0, 0.1) is 5.92 Å². The highest BCUT2D eigenvalue weighted by atomic mass is 19.4. The fourth-order valence-electron chi connectivity index (χ4n) is 1.92. The van der Waals surface area contributed by atoms with Crippen LogP contribution in [0.15, 0.2) is 18.2 Å².